The van der Waals surface area contributed by atoms with Crippen LogP contribution in [0, 0.1) is 5.92 Å². The van der Waals surface area contributed by atoms with Gasteiger partial charge in [-0.1, -0.05) is 0 Å². The summed E-state index contributed by atoms with van der Waals surface area (Å²) in [5.41, 5.74) is 0. The fourth-order valence-corrected chi connectivity index (χ4v) is 7.12. The average molecular weight is 401 g/mol. The number of halogens is 1. The molecule has 0 aliphatic carbocycles. The van der Waals surface area contributed by atoms with Crippen molar-refractivity contribution in [3.63, 3.8) is 0 Å². The molecule has 2 aliphatic rings. The molecule has 0 bridgehead atoms. The molecule has 0 unspecified atom stereocenters. The summed E-state index contributed by atoms with van der Waals surface area (Å²) < 4.78 is 6.46. The number of benzene rings is 1. The number of hydrogen-bond donors (Lipinski definition) is 0. The Hall–Kier alpha value is -1.03. The van der Waals surface area contributed by atoms with Gasteiger partial charge in [-0.3, -0.25) is 0 Å². The molecule has 6 heteroatoms. The van der Waals surface area contributed by atoms with E-state index < -0.39 is 11.3 Å². The van der Waals surface area contributed by atoms with Crippen LogP contribution in [0.25, 0.3) is 0 Å². The number of rotatable bonds is 4. The molecular weight excluding hydrogens is 381 g/mol. The molecule has 2 heterocycles. The van der Waals surface area contributed by atoms with E-state index in [1.165, 1.54) is 4.46 Å². The number of piperidine rings is 1. The predicted octanol–water partition coefficient (Wildman–Crippen LogP) is 1.60. The van der Waals surface area contributed by atoms with E-state index >= 15 is 0 Å². The fraction of sp³-hybridized carbons (Fsp3) is 0.529. The molecule has 4 nitrogen and oxygen atoms in total. The van der Waals surface area contributed by atoms with Gasteiger partial charge in [0.2, 0.25) is 0 Å². The number of hydrogen-bond acceptors (Lipinski definition) is 3. The Kier molecular flexibility index (Phi) is 5.30. The maximum absolute atomic E-state index is 12.5. The summed E-state index contributed by atoms with van der Waals surface area (Å²) in [4.78, 5) is 27.0. The summed E-state index contributed by atoms with van der Waals surface area (Å²) in [5.74, 6) is -0.966. The van der Waals surface area contributed by atoms with Crippen molar-refractivity contribution in [2.24, 2.45) is 5.92 Å². The van der Waals surface area contributed by atoms with Gasteiger partial charge < -0.3 is 0 Å². The van der Waals surface area contributed by atoms with Crippen molar-refractivity contribution in [1.29, 1.82) is 0 Å². The number of carbonyl (C=O) groups is 2. The second kappa shape index (κ2) is 7.25. The molecule has 1 aromatic rings. The van der Waals surface area contributed by atoms with Crippen LogP contribution in [-0.2, 0) is 14.3 Å². The Morgan fingerprint density at radius 1 is 1.39 bits per heavy atom. The van der Waals surface area contributed by atoms with Crippen LogP contribution < -0.4 is 4.46 Å². The van der Waals surface area contributed by atoms with Gasteiger partial charge in [0.05, 0.1) is 0 Å². The molecular formula is C17H20ClNO3Se. The molecule has 3 rings (SSSR count). The molecule has 0 radical (unpaired) electrons. The molecule has 124 valence electrons. The van der Waals surface area contributed by atoms with E-state index in [1.807, 2.05) is 23.1 Å². The minimum atomic E-state index is -0.806. The van der Waals surface area contributed by atoms with Gasteiger partial charge in [-0.05, 0) is 0 Å². The van der Waals surface area contributed by atoms with E-state index in [4.69, 9.17) is 16.3 Å². The summed E-state index contributed by atoms with van der Waals surface area (Å²) in [7, 11) is 0. The Bertz CT molecular complexity index is 582. The fourth-order valence-electron chi connectivity index (χ4n) is 3.43. The van der Waals surface area contributed by atoms with E-state index in [0.717, 1.165) is 19.4 Å². The molecule has 1 aromatic carbocycles. The van der Waals surface area contributed by atoms with Crippen LogP contribution in [-0.4, -0.2) is 56.3 Å². The number of fused-ring (bicyclic) bond motifs is 1. The van der Waals surface area contributed by atoms with E-state index in [-0.39, 0.29) is 37.7 Å². The number of amides is 1. The molecule has 2 aliphatic heterocycles. The van der Waals surface area contributed by atoms with E-state index in [1.54, 1.807) is 6.92 Å². The van der Waals surface area contributed by atoms with E-state index in [2.05, 4.69) is 12.1 Å². The van der Waals surface area contributed by atoms with Crippen LogP contribution in [0.15, 0.2) is 30.3 Å². The molecule has 0 N–H and O–H groups in total. The number of carbonyl (C=O) groups excluding carboxylic acids is 2. The standard InChI is InChI=1S/C17H20ClNO3Se/c1-2-22-17(21)13-14(18)16(20)19-10-6-9-12(19)15(13)23-11-7-4-3-5-8-11/h3-5,7-8,12-15H,2,6,9-10H2,1H3/t12-,13-,14-,15-/m0/s1. The van der Waals surface area contributed by atoms with Crippen LogP contribution in [0.3, 0.4) is 0 Å². The molecule has 2 fully saturated rings. The quantitative estimate of drug-likeness (QED) is 0.438. The first-order valence-corrected chi connectivity index (χ1v) is 10.2. The first-order valence-electron chi connectivity index (χ1n) is 7.96. The van der Waals surface area contributed by atoms with Gasteiger partial charge in [-0.2, -0.15) is 0 Å². The van der Waals surface area contributed by atoms with Crippen LogP contribution in [0.5, 0.6) is 0 Å². The first-order chi connectivity index (χ1) is 11.1. The molecule has 0 aromatic heterocycles. The monoisotopic (exact) mass is 401 g/mol. The van der Waals surface area contributed by atoms with Crippen molar-refractivity contribution in [3.05, 3.63) is 30.3 Å². The van der Waals surface area contributed by atoms with Gasteiger partial charge in [0.1, 0.15) is 0 Å². The van der Waals surface area contributed by atoms with Crippen LogP contribution in [0.2, 0.25) is 4.82 Å². The number of alkyl halides is 1. The number of ether oxygens (including phenoxy) is 1. The topological polar surface area (TPSA) is 46.6 Å². The van der Waals surface area contributed by atoms with Crippen molar-refractivity contribution in [1.82, 2.24) is 4.90 Å². The van der Waals surface area contributed by atoms with Gasteiger partial charge in [0.25, 0.3) is 0 Å². The summed E-state index contributed by atoms with van der Waals surface area (Å²) in [5, 5.41) is -0.806. The third-order valence-electron chi connectivity index (χ3n) is 4.44. The number of nitrogens with zero attached hydrogens (tertiary/aromatic N) is 1. The molecule has 1 amide bonds. The summed E-state index contributed by atoms with van der Waals surface area (Å²) in [6.07, 6.45) is 1.93. The zero-order chi connectivity index (χ0) is 16.4. The third kappa shape index (κ3) is 3.28. The molecule has 0 saturated carbocycles. The first kappa shape index (κ1) is 16.8. The van der Waals surface area contributed by atoms with Gasteiger partial charge in [-0.25, -0.2) is 0 Å². The minimum absolute atomic E-state index is 0.0692. The van der Waals surface area contributed by atoms with Crippen molar-refractivity contribution in [3.8, 4) is 0 Å². The van der Waals surface area contributed by atoms with Gasteiger partial charge in [0, 0.05) is 0 Å². The Balaban J connectivity index is 1.91. The molecule has 2 saturated heterocycles. The van der Waals surface area contributed by atoms with Gasteiger partial charge >= 0.3 is 148 Å². The normalized spacial score (nSPS) is 30.2. The van der Waals surface area contributed by atoms with E-state index in [9.17, 15) is 9.59 Å². The molecule has 0 spiro atoms. The second-order valence-corrected chi connectivity index (χ2v) is 8.91. The summed E-state index contributed by atoms with van der Waals surface area (Å²) in [6.45, 7) is 2.85. The predicted molar refractivity (Wildman–Crippen MR) is 90.1 cm³/mol. The van der Waals surface area contributed by atoms with Crippen LogP contribution in [0.4, 0.5) is 0 Å². The second-order valence-electron chi connectivity index (χ2n) is 5.82. The van der Waals surface area contributed by atoms with E-state index in [0.29, 0.717) is 6.61 Å². The maximum atomic E-state index is 12.5. The summed E-state index contributed by atoms with van der Waals surface area (Å²) >= 11 is 6.48. The van der Waals surface area contributed by atoms with Crippen molar-refractivity contribution in [2.75, 3.05) is 13.2 Å². The molecule has 23 heavy (non-hydrogen) atoms. The Morgan fingerprint density at radius 3 is 2.83 bits per heavy atom. The Labute approximate surface area is 147 Å². The zero-order valence-electron chi connectivity index (χ0n) is 13.0. The Morgan fingerprint density at radius 2 is 2.13 bits per heavy atom. The van der Waals surface area contributed by atoms with Gasteiger partial charge in [-0.15, -0.1) is 0 Å². The van der Waals surface area contributed by atoms with Crippen LogP contribution >= 0.6 is 11.6 Å². The third-order valence-corrected chi connectivity index (χ3v) is 7.89. The van der Waals surface area contributed by atoms with Crippen molar-refractivity contribution >= 4 is 42.9 Å². The van der Waals surface area contributed by atoms with Gasteiger partial charge in [0.15, 0.2) is 0 Å². The zero-order valence-corrected chi connectivity index (χ0v) is 15.5. The van der Waals surface area contributed by atoms with Crippen LogP contribution in [0.1, 0.15) is 19.8 Å². The SMILES string of the molecule is CCOC(=O)[C@@H]1[C@@H]([Se]c2ccccc2)[C@@H]2CCCN2C(=O)[C@H]1Cl. The number of esters is 1. The van der Waals surface area contributed by atoms with Crippen molar-refractivity contribution in [2.45, 2.75) is 36.0 Å². The molecule has 4 atom stereocenters. The average Bonchev–Trinajstić information content (AvgIpc) is 3.03. The van der Waals surface area contributed by atoms with Crippen molar-refractivity contribution < 1.29 is 14.3 Å². The summed E-state index contributed by atoms with van der Waals surface area (Å²) in [6, 6.07) is 10.3.